The highest BCUT2D eigenvalue weighted by atomic mass is 16.5. The van der Waals surface area contributed by atoms with Crippen molar-refractivity contribution in [2.24, 2.45) is 0 Å². The van der Waals surface area contributed by atoms with Crippen LogP contribution in [-0.2, 0) is 16.0 Å². The van der Waals surface area contributed by atoms with Gasteiger partial charge in [-0.25, -0.2) is 4.68 Å². The van der Waals surface area contributed by atoms with Gasteiger partial charge in [0.05, 0.1) is 24.9 Å². The minimum Gasteiger partial charge on any atom is -0.466 e. The van der Waals surface area contributed by atoms with Crippen LogP contribution in [0.25, 0.3) is 5.69 Å². The van der Waals surface area contributed by atoms with Crippen molar-refractivity contribution in [1.82, 2.24) is 9.78 Å². The van der Waals surface area contributed by atoms with Gasteiger partial charge in [-0.1, -0.05) is 18.2 Å². The van der Waals surface area contributed by atoms with Crippen molar-refractivity contribution in [1.29, 1.82) is 0 Å². The molecule has 1 heterocycles. The predicted octanol–water partition coefficient (Wildman–Crippen LogP) is 3.25. The van der Waals surface area contributed by atoms with E-state index in [0.717, 1.165) is 24.9 Å². The van der Waals surface area contributed by atoms with E-state index in [1.54, 1.807) is 0 Å². The van der Waals surface area contributed by atoms with Crippen LogP contribution in [0.1, 0.15) is 43.4 Å². The average molecular weight is 284 g/mol. The fraction of sp³-hybridized carbons (Fsp3) is 0.412. The third kappa shape index (κ3) is 2.84. The quantitative estimate of drug-likeness (QED) is 0.810. The summed E-state index contributed by atoms with van der Waals surface area (Å²) in [6, 6.07) is 10.2. The Balaban J connectivity index is 1.87. The molecule has 0 saturated heterocycles. The molecular weight excluding hydrogens is 264 g/mol. The molecule has 3 rings (SSSR count). The summed E-state index contributed by atoms with van der Waals surface area (Å²) in [5, 5.41) is 4.54. The molecule has 1 aliphatic carbocycles. The molecule has 0 aliphatic heterocycles. The fourth-order valence-electron chi connectivity index (χ4n) is 3.07. The molecule has 0 radical (unpaired) electrons. The number of hydrogen-bond acceptors (Lipinski definition) is 3. The van der Waals surface area contributed by atoms with Gasteiger partial charge in [0.25, 0.3) is 0 Å². The molecule has 0 N–H and O–H groups in total. The van der Waals surface area contributed by atoms with Crippen molar-refractivity contribution >= 4 is 5.97 Å². The molecule has 4 heteroatoms. The lowest BCUT2D eigenvalue weighted by molar-refractivity contribution is -0.143. The van der Waals surface area contributed by atoms with Crippen molar-refractivity contribution in [3.05, 3.63) is 47.8 Å². The Morgan fingerprint density at radius 2 is 2.19 bits per heavy atom. The van der Waals surface area contributed by atoms with E-state index in [9.17, 15) is 4.79 Å². The van der Waals surface area contributed by atoms with Crippen LogP contribution in [-0.4, -0.2) is 22.4 Å². The van der Waals surface area contributed by atoms with Crippen LogP contribution in [0.15, 0.2) is 36.5 Å². The van der Waals surface area contributed by atoms with Crippen LogP contribution in [0.2, 0.25) is 0 Å². The number of fused-ring (bicyclic) bond motifs is 1. The Kier molecular flexibility index (Phi) is 4.04. The van der Waals surface area contributed by atoms with E-state index in [1.165, 1.54) is 11.3 Å². The van der Waals surface area contributed by atoms with Crippen LogP contribution in [0.3, 0.4) is 0 Å². The number of ether oxygens (including phenoxy) is 1. The number of para-hydroxylation sites is 1. The molecule has 0 unspecified atom stereocenters. The van der Waals surface area contributed by atoms with E-state index < -0.39 is 0 Å². The molecule has 21 heavy (non-hydrogen) atoms. The molecule has 1 atom stereocenters. The molecule has 110 valence electrons. The van der Waals surface area contributed by atoms with Gasteiger partial charge in [0.2, 0.25) is 0 Å². The highest BCUT2D eigenvalue weighted by Gasteiger charge is 2.26. The van der Waals surface area contributed by atoms with Gasteiger partial charge in [-0.15, -0.1) is 0 Å². The highest BCUT2D eigenvalue weighted by molar-refractivity contribution is 5.70. The van der Waals surface area contributed by atoms with Crippen molar-refractivity contribution in [3.8, 4) is 5.69 Å². The topological polar surface area (TPSA) is 44.1 Å². The number of hydrogen-bond donors (Lipinski definition) is 0. The Bertz CT molecular complexity index is 619. The Morgan fingerprint density at radius 3 is 2.95 bits per heavy atom. The number of esters is 1. The smallest absolute Gasteiger partial charge is 0.306 e. The van der Waals surface area contributed by atoms with Crippen molar-refractivity contribution in [2.45, 2.75) is 38.5 Å². The van der Waals surface area contributed by atoms with Gasteiger partial charge >= 0.3 is 5.97 Å². The van der Waals surface area contributed by atoms with Gasteiger partial charge in [-0.2, -0.15) is 5.10 Å². The lowest BCUT2D eigenvalue weighted by Gasteiger charge is -2.22. The summed E-state index contributed by atoms with van der Waals surface area (Å²) in [5.74, 6) is 0.132. The second-order valence-electron chi connectivity index (χ2n) is 5.39. The van der Waals surface area contributed by atoms with Crippen molar-refractivity contribution < 1.29 is 9.53 Å². The molecule has 4 nitrogen and oxygen atoms in total. The van der Waals surface area contributed by atoms with Gasteiger partial charge in [-0.3, -0.25) is 4.79 Å². The number of carbonyl (C=O) groups is 1. The summed E-state index contributed by atoms with van der Waals surface area (Å²) in [7, 11) is 0. The summed E-state index contributed by atoms with van der Waals surface area (Å²) in [6.45, 7) is 2.29. The molecule has 0 bridgehead atoms. The van der Waals surface area contributed by atoms with Crippen LogP contribution in [0.5, 0.6) is 0 Å². The number of benzene rings is 1. The van der Waals surface area contributed by atoms with Crippen LogP contribution in [0, 0.1) is 0 Å². The van der Waals surface area contributed by atoms with Crippen LogP contribution < -0.4 is 0 Å². The first kappa shape index (κ1) is 13.9. The summed E-state index contributed by atoms with van der Waals surface area (Å²) in [4.78, 5) is 11.7. The largest absolute Gasteiger partial charge is 0.466 e. The first-order chi connectivity index (χ1) is 10.3. The molecule has 0 saturated carbocycles. The molecular formula is C17H20N2O2. The highest BCUT2D eigenvalue weighted by Crippen LogP contribution is 2.35. The third-order valence-electron chi connectivity index (χ3n) is 4.03. The maximum Gasteiger partial charge on any atom is 0.306 e. The minimum absolute atomic E-state index is 0.109. The van der Waals surface area contributed by atoms with Crippen molar-refractivity contribution in [2.75, 3.05) is 6.61 Å². The summed E-state index contributed by atoms with van der Waals surface area (Å²) in [5.41, 5.74) is 3.52. The lowest BCUT2D eigenvalue weighted by atomic mass is 9.85. The monoisotopic (exact) mass is 284 g/mol. The second kappa shape index (κ2) is 6.12. The SMILES string of the molecule is CCOC(=O)C[C@@H]1CCCc2c1cnn2-c1ccccc1. The average Bonchev–Trinajstić information content (AvgIpc) is 2.93. The van der Waals surface area contributed by atoms with Gasteiger partial charge in [0.1, 0.15) is 0 Å². The van der Waals surface area contributed by atoms with Gasteiger partial charge in [-0.05, 0) is 49.8 Å². The molecule has 1 aromatic carbocycles. The number of carbonyl (C=O) groups excluding carboxylic acids is 1. The maximum absolute atomic E-state index is 11.7. The molecule has 2 aromatic rings. The zero-order valence-corrected chi connectivity index (χ0v) is 12.3. The molecule has 0 amide bonds. The predicted molar refractivity (Wildman–Crippen MR) is 80.5 cm³/mol. The first-order valence-corrected chi connectivity index (χ1v) is 7.57. The van der Waals surface area contributed by atoms with Crippen LogP contribution >= 0.6 is 0 Å². The maximum atomic E-state index is 11.7. The van der Waals surface area contributed by atoms with E-state index in [-0.39, 0.29) is 11.9 Å². The minimum atomic E-state index is -0.109. The fourth-order valence-corrected chi connectivity index (χ4v) is 3.07. The first-order valence-electron chi connectivity index (χ1n) is 7.57. The lowest BCUT2D eigenvalue weighted by Crippen LogP contribution is -2.16. The van der Waals surface area contributed by atoms with Gasteiger partial charge < -0.3 is 4.74 Å². The van der Waals surface area contributed by atoms with E-state index in [2.05, 4.69) is 17.2 Å². The van der Waals surface area contributed by atoms with E-state index in [1.807, 2.05) is 36.0 Å². The van der Waals surface area contributed by atoms with E-state index in [0.29, 0.717) is 13.0 Å². The zero-order chi connectivity index (χ0) is 14.7. The number of nitrogens with zero attached hydrogens (tertiary/aromatic N) is 2. The second-order valence-corrected chi connectivity index (χ2v) is 5.39. The summed E-state index contributed by atoms with van der Waals surface area (Å²) < 4.78 is 7.09. The summed E-state index contributed by atoms with van der Waals surface area (Å²) in [6.07, 6.45) is 5.53. The van der Waals surface area contributed by atoms with Gasteiger partial charge in [0, 0.05) is 5.69 Å². The Hall–Kier alpha value is -2.10. The van der Waals surface area contributed by atoms with E-state index in [4.69, 9.17) is 4.74 Å². The molecule has 0 spiro atoms. The van der Waals surface area contributed by atoms with Gasteiger partial charge in [0.15, 0.2) is 0 Å². The third-order valence-corrected chi connectivity index (χ3v) is 4.03. The number of rotatable bonds is 4. The summed E-state index contributed by atoms with van der Waals surface area (Å²) >= 11 is 0. The molecule has 0 fully saturated rings. The Labute approximate surface area is 124 Å². The molecule has 1 aliphatic rings. The molecule has 1 aromatic heterocycles. The Morgan fingerprint density at radius 1 is 1.38 bits per heavy atom. The normalized spacial score (nSPS) is 17.3. The van der Waals surface area contributed by atoms with E-state index >= 15 is 0 Å². The zero-order valence-electron chi connectivity index (χ0n) is 12.3. The van der Waals surface area contributed by atoms with Crippen molar-refractivity contribution in [3.63, 3.8) is 0 Å². The standard InChI is InChI=1S/C17H20N2O2/c1-2-21-17(20)11-13-7-6-10-16-15(13)12-18-19(16)14-8-4-3-5-9-14/h3-5,8-9,12-13H,2,6-7,10-11H2,1H3/t13-/m0/s1. The van der Waals surface area contributed by atoms with Crippen LogP contribution in [0.4, 0.5) is 0 Å². The number of aromatic nitrogens is 2.